The summed E-state index contributed by atoms with van der Waals surface area (Å²) in [5, 5.41) is 13.0. The van der Waals surface area contributed by atoms with Crippen LogP contribution in [0.1, 0.15) is 31.7 Å². The SMILES string of the molecule is C[C@](CO)(NCCO[C@H]1CCCCO1)c1ccccc1. The van der Waals surface area contributed by atoms with Crippen LogP contribution in [0.3, 0.4) is 0 Å². The molecule has 1 saturated heterocycles. The van der Waals surface area contributed by atoms with Crippen molar-refractivity contribution in [2.45, 2.75) is 38.0 Å². The van der Waals surface area contributed by atoms with Gasteiger partial charge in [-0.05, 0) is 31.7 Å². The van der Waals surface area contributed by atoms with Gasteiger partial charge < -0.3 is 19.9 Å². The highest BCUT2D eigenvalue weighted by Crippen LogP contribution is 2.19. The highest BCUT2D eigenvalue weighted by atomic mass is 16.7. The normalized spacial score (nSPS) is 22.4. The van der Waals surface area contributed by atoms with Gasteiger partial charge in [0, 0.05) is 13.2 Å². The van der Waals surface area contributed by atoms with Gasteiger partial charge in [-0.1, -0.05) is 30.3 Å². The van der Waals surface area contributed by atoms with Crippen LogP contribution in [0.4, 0.5) is 0 Å². The molecule has 0 aromatic heterocycles. The molecule has 20 heavy (non-hydrogen) atoms. The van der Waals surface area contributed by atoms with Gasteiger partial charge in [-0.25, -0.2) is 0 Å². The lowest BCUT2D eigenvalue weighted by Gasteiger charge is -2.30. The number of ether oxygens (including phenoxy) is 2. The molecule has 0 bridgehead atoms. The monoisotopic (exact) mass is 279 g/mol. The first kappa shape index (κ1) is 15.4. The summed E-state index contributed by atoms with van der Waals surface area (Å²) in [5.41, 5.74) is 0.648. The van der Waals surface area contributed by atoms with Crippen molar-refractivity contribution in [2.24, 2.45) is 0 Å². The Bertz CT molecular complexity index is 379. The van der Waals surface area contributed by atoms with Crippen molar-refractivity contribution in [3.63, 3.8) is 0 Å². The molecule has 1 aliphatic heterocycles. The number of rotatable bonds is 7. The summed E-state index contributed by atoms with van der Waals surface area (Å²) in [6.45, 7) is 4.13. The first-order valence-corrected chi connectivity index (χ1v) is 7.39. The highest BCUT2D eigenvalue weighted by Gasteiger charge is 2.24. The zero-order valence-corrected chi connectivity index (χ0v) is 12.2. The molecule has 2 N–H and O–H groups in total. The van der Waals surface area contributed by atoms with Gasteiger partial charge >= 0.3 is 0 Å². The zero-order chi connectivity index (χ0) is 14.3. The fraction of sp³-hybridized carbons (Fsp3) is 0.625. The minimum atomic E-state index is -0.432. The molecule has 0 aliphatic carbocycles. The molecule has 1 heterocycles. The summed E-state index contributed by atoms with van der Waals surface area (Å²) < 4.78 is 11.2. The lowest BCUT2D eigenvalue weighted by Crippen LogP contribution is -2.44. The summed E-state index contributed by atoms with van der Waals surface area (Å²) in [7, 11) is 0. The van der Waals surface area contributed by atoms with Crippen LogP contribution in [-0.2, 0) is 15.0 Å². The number of aliphatic hydroxyl groups excluding tert-OH is 1. The van der Waals surface area contributed by atoms with Gasteiger partial charge in [-0.2, -0.15) is 0 Å². The van der Waals surface area contributed by atoms with Gasteiger partial charge in [0.2, 0.25) is 0 Å². The van der Waals surface area contributed by atoms with Crippen molar-refractivity contribution in [1.29, 1.82) is 0 Å². The van der Waals surface area contributed by atoms with Crippen LogP contribution < -0.4 is 5.32 Å². The standard InChI is InChI=1S/C16H25NO3/c1-16(13-18,14-7-3-2-4-8-14)17-10-12-20-15-9-5-6-11-19-15/h2-4,7-8,15,17-18H,5-6,9-13H2,1H3/t15-,16+/m0/s1. The van der Waals surface area contributed by atoms with Crippen LogP contribution in [0, 0.1) is 0 Å². The van der Waals surface area contributed by atoms with Gasteiger partial charge in [-0.15, -0.1) is 0 Å². The molecule has 0 unspecified atom stereocenters. The molecule has 2 rings (SSSR count). The molecule has 112 valence electrons. The van der Waals surface area contributed by atoms with Crippen molar-refractivity contribution >= 4 is 0 Å². The third-order valence-corrected chi connectivity index (χ3v) is 3.79. The van der Waals surface area contributed by atoms with Crippen LogP contribution in [0.15, 0.2) is 30.3 Å². The Morgan fingerprint density at radius 3 is 2.80 bits per heavy atom. The number of benzene rings is 1. The summed E-state index contributed by atoms with van der Waals surface area (Å²) in [5.74, 6) is 0. The molecule has 1 aromatic carbocycles. The maximum absolute atomic E-state index is 9.66. The molecular formula is C16H25NO3. The van der Waals surface area contributed by atoms with E-state index in [4.69, 9.17) is 9.47 Å². The molecule has 1 fully saturated rings. The smallest absolute Gasteiger partial charge is 0.157 e. The van der Waals surface area contributed by atoms with Crippen LogP contribution in [0.2, 0.25) is 0 Å². The maximum atomic E-state index is 9.66. The van der Waals surface area contributed by atoms with E-state index in [1.165, 1.54) is 6.42 Å². The molecule has 4 nitrogen and oxygen atoms in total. The maximum Gasteiger partial charge on any atom is 0.157 e. The number of aliphatic hydroxyl groups is 1. The van der Waals surface area contributed by atoms with Gasteiger partial charge in [0.1, 0.15) is 0 Å². The van der Waals surface area contributed by atoms with Crippen molar-refractivity contribution in [2.75, 3.05) is 26.4 Å². The van der Waals surface area contributed by atoms with Crippen molar-refractivity contribution < 1.29 is 14.6 Å². The Balaban J connectivity index is 1.76. The lowest BCUT2D eigenvalue weighted by atomic mass is 9.93. The molecular weight excluding hydrogens is 254 g/mol. The van der Waals surface area contributed by atoms with Gasteiger partial charge in [0.15, 0.2) is 6.29 Å². The van der Waals surface area contributed by atoms with Crippen LogP contribution in [0.5, 0.6) is 0 Å². The summed E-state index contributed by atoms with van der Waals surface area (Å²) >= 11 is 0. The predicted molar refractivity (Wildman–Crippen MR) is 78.4 cm³/mol. The van der Waals surface area contributed by atoms with Crippen molar-refractivity contribution in [3.8, 4) is 0 Å². The van der Waals surface area contributed by atoms with Crippen LogP contribution in [0.25, 0.3) is 0 Å². The first-order chi connectivity index (χ1) is 9.74. The van der Waals surface area contributed by atoms with E-state index in [1.807, 2.05) is 37.3 Å². The Morgan fingerprint density at radius 1 is 1.35 bits per heavy atom. The minimum absolute atomic E-state index is 0.0525. The van der Waals surface area contributed by atoms with Crippen molar-refractivity contribution in [1.82, 2.24) is 5.32 Å². The number of nitrogens with one attached hydrogen (secondary N) is 1. The Kier molecular flexibility index (Phi) is 5.98. The van der Waals surface area contributed by atoms with E-state index in [1.54, 1.807) is 0 Å². The fourth-order valence-electron chi connectivity index (χ4n) is 2.42. The third kappa shape index (κ3) is 4.28. The Hall–Kier alpha value is -0.940. The van der Waals surface area contributed by atoms with E-state index in [0.717, 1.165) is 25.0 Å². The molecule has 0 amide bonds. The topological polar surface area (TPSA) is 50.7 Å². The summed E-state index contributed by atoms with van der Waals surface area (Å²) in [6, 6.07) is 9.99. The Labute approximate surface area is 121 Å². The molecule has 1 aliphatic rings. The average molecular weight is 279 g/mol. The van der Waals surface area contributed by atoms with Crippen LogP contribution in [-0.4, -0.2) is 37.8 Å². The summed E-state index contributed by atoms with van der Waals surface area (Å²) in [4.78, 5) is 0. The van der Waals surface area contributed by atoms with Gasteiger partial charge in [-0.3, -0.25) is 0 Å². The van der Waals surface area contributed by atoms with E-state index in [0.29, 0.717) is 13.2 Å². The van der Waals surface area contributed by atoms with E-state index in [2.05, 4.69) is 5.32 Å². The second-order valence-electron chi connectivity index (χ2n) is 5.45. The van der Waals surface area contributed by atoms with E-state index in [-0.39, 0.29) is 12.9 Å². The van der Waals surface area contributed by atoms with Crippen LogP contribution >= 0.6 is 0 Å². The minimum Gasteiger partial charge on any atom is -0.394 e. The van der Waals surface area contributed by atoms with Crippen molar-refractivity contribution in [3.05, 3.63) is 35.9 Å². The number of hydrogen-bond acceptors (Lipinski definition) is 4. The first-order valence-electron chi connectivity index (χ1n) is 7.39. The average Bonchev–Trinajstić information content (AvgIpc) is 2.53. The molecule has 4 heteroatoms. The van der Waals surface area contributed by atoms with Gasteiger partial charge in [0.25, 0.3) is 0 Å². The largest absolute Gasteiger partial charge is 0.394 e. The van der Waals surface area contributed by atoms with E-state index < -0.39 is 5.54 Å². The predicted octanol–water partition coefficient (Wildman–Crippen LogP) is 2.03. The molecule has 0 radical (unpaired) electrons. The molecule has 2 atom stereocenters. The lowest BCUT2D eigenvalue weighted by molar-refractivity contribution is -0.161. The third-order valence-electron chi connectivity index (χ3n) is 3.79. The highest BCUT2D eigenvalue weighted by molar-refractivity contribution is 5.23. The van der Waals surface area contributed by atoms with E-state index in [9.17, 15) is 5.11 Å². The molecule has 0 spiro atoms. The fourth-order valence-corrected chi connectivity index (χ4v) is 2.42. The summed E-state index contributed by atoms with van der Waals surface area (Å²) in [6.07, 6.45) is 3.24. The second-order valence-corrected chi connectivity index (χ2v) is 5.45. The molecule has 1 aromatic rings. The molecule has 0 saturated carbocycles. The second kappa shape index (κ2) is 7.74. The van der Waals surface area contributed by atoms with E-state index >= 15 is 0 Å². The zero-order valence-electron chi connectivity index (χ0n) is 12.2. The quantitative estimate of drug-likeness (QED) is 0.750. The Morgan fingerprint density at radius 2 is 2.15 bits per heavy atom. The number of hydrogen-bond donors (Lipinski definition) is 2. The van der Waals surface area contributed by atoms with Gasteiger partial charge in [0.05, 0.1) is 18.8 Å².